The van der Waals surface area contributed by atoms with Crippen LogP contribution in [0.15, 0.2) is 12.2 Å². The molecule has 0 aromatic heterocycles. The molecule has 0 N–H and O–H groups in total. The first-order valence-electron chi connectivity index (χ1n) is 3.98. The Morgan fingerprint density at radius 2 is 2.45 bits per heavy atom. The number of allylic oxidation sites excluding steroid dienone is 2. The summed E-state index contributed by atoms with van der Waals surface area (Å²) in [5, 5.41) is -0.223. The van der Waals surface area contributed by atoms with Crippen molar-refractivity contribution in [2.75, 3.05) is 0 Å². The molecular weight excluding hydrogens is 160 g/mol. The average molecular weight is 173 g/mol. The predicted octanol–water partition coefficient (Wildman–Crippen LogP) is 2.89. The molecule has 62 valence electrons. The smallest absolute Gasteiger partial charge is 0.222 e. The lowest BCUT2D eigenvalue weighted by molar-refractivity contribution is -0.113. The zero-order valence-electron chi connectivity index (χ0n) is 6.77. The highest BCUT2D eigenvalue weighted by atomic mass is 35.5. The summed E-state index contributed by atoms with van der Waals surface area (Å²) in [6, 6.07) is 0. The lowest BCUT2D eigenvalue weighted by Crippen LogP contribution is -2.18. The molecule has 0 aromatic carbocycles. The molecule has 1 nitrogen and oxygen atoms in total. The van der Waals surface area contributed by atoms with Crippen molar-refractivity contribution in [1.82, 2.24) is 0 Å². The second-order valence-corrected chi connectivity index (χ2v) is 3.90. The van der Waals surface area contributed by atoms with Gasteiger partial charge >= 0.3 is 0 Å². The summed E-state index contributed by atoms with van der Waals surface area (Å²) < 4.78 is 0. The maximum absolute atomic E-state index is 10.6. The molecule has 0 radical (unpaired) electrons. The molecule has 0 aromatic rings. The summed E-state index contributed by atoms with van der Waals surface area (Å²) in [5.41, 5.74) is 0.0388. The lowest BCUT2D eigenvalue weighted by atomic mass is 9.79. The Kier molecular flexibility index (Phi) is 2.72. The molecule has 1 unspecified atom stereocenters. The highest BCUT2D eigenvalue weighted by Gasteiger charge is 2.24. The first-order valence-corrected chi connectivity index (χ1v) is 4.36. The fourth-order valence-corrected chi connectivity index (χ4v) is 1.85. The second-order valence-electron chi connectivity index (χ2n) is 3.48. The quantitative estimate of drug-likeness (QED) is 0.463. The molecule has 1 atom stereocenters. The van der Waals surface area contributed by atoms with E-state index in [9.17, 15) is 4.79 Å². The van der Waals surface area contributed by atoms with Crippen LogP contribution < -0.4 is 0 Å². The summed E-state index contributed by atoms with van der Waals surface area (Å²) in [4.78, 5) is 10.6. The van der Waals surface area contributed by atoms with Crippen LogP contribution in [0.2, 0.25) is 0 Å². The van der Waals surface area contributed by atoms with Crippen LogP contribution >= 0.6 is 11.6 Å². The molecule has 11 heavy (non-hydrogen) atoms. The zero-order valence-corrected chi connectivity index (χ0v) is 7.53. The number of rotatable bonds is 2. The van der Waals surface area contributed by atoms with Gasteiger partial charge in [0, 0.05) is 6.42 Å². The van der Waals surface area contributed by atoms with E-state index in [0.29, 0.717) is 6.42 Å². The first-order chi connectivity index (χ1) is 5.12. The van der Waals surface area contributed by atoms with E-state index in [1.54, 1.807) is 0 Å². The Morgan fingerprint density at radius 1 is 1.73 bits per heavy atom. The monoisotopic (exact) mass is 172 g/mol. The first kappa shape index (κ1) is 8.79. The van der Waals surface area contributed by atoms with Crippen LogP contribution in [0.3, 0.4) is 0 Å². The van der Waals surface area contributed by atoms with E-state index in [0.717, 1.165) is 12.8 Å². The SMILES string of the molecule is CC1(CC(=O)Cl)C=CCCC1. The van der Waals surface area contributed by atoms with Gasteiger partial charge in [-0.25, -0.2) is 0 Å². The molecule has 0 spiro atoms. The molecule has 0 amide bonds. The maximum Gasteiger partial charge on any atom is 0.222 e. The topological polar surface area (TPSA) is 17.1 Å². The van der Waals surface area contributed by atoms with E-state index in [1.807, 2.05) is 0 Å². The normalized spacial score (nSPS) is 30.4. The second kappa shape index (κ2) is 3.40. The lowest BCUT2D eigenvalue weighted by Gasteiger charge is -2.26. The minimum atomic E-state index is -0.223. The number of hydrogen-bond donors (Lipinski definition) is 0. The van der Waals surface area contributed by atoms with Crippen LogP contribution in [-0.4, -0.2) is 5.24 Å². The molecule has 0 fully saturated rings. The Labute approximate surface area is 72.4 Å². The van der Waals surface area contributed by atoms with Crippen LogP contribution in [0, 0.1) is 5.41 Å². The van der Waals surface area contributed by atoms with Crippen LogP contribution in [0.5, 0.6) is 0 Å². The van der Waals surface area contributed by atoms with E-state index >= 15 is 0 Å². The zero-order chi connectivity index (χ0) is 8.32. The molecule has 1 rings (SSSR count). The molecule has 0 heterocycles. The van der Waals surface area contributed by atoms with Gasteiger partial charge in [-0.05, 0) is 36.3 Å². The van der Waals surface area contributed by atoms with Crippen molar-refractivity contribution >= 4 is 16.8 Å². The van der Waals surface area contributed by atoms with Gasteiger partial charge in [-0.1, -0.05) is 19.1 Å². The maximum atomic E-state index is 10.6. The van der Waals surface area contributed by atoms with Gasteiger partial charge in [-0.15, -0.1) is 0 Å². The molecule has 0 bridgehead atoms. The van der Waals surface area contributed by atoms with Crippen LogP contribution in [0.25, 0.3) is 0 Å². The molecule has 0 saturated heterocycles. The molecular formula is C9H13ClO. The Balaban J connectivity index is 2.57. The van der Waals surface area contributed by atoms with Crippen molar-refractivity contribution in [3.05, 3.63) is 12.2 Å². The molecule has 2 heteroatoms. The van der Waals surface area contributed by atoms with Crippen LogP contribution in [-0.2, 0) is 4.79 Å². The third-order valence-electron chi connectivity index (χ3n) is 2.18. The fourth-order valence-electron chi connectivity index (χ4n) is 1.54. The molecule has 1 aliphatic rings. The summed E-state index contributed by atoms with van der Waals surface area (Å²) >= 11 is 5.33. The average Bonchev–Trinajstić information content (AvgIpc) is 1.85. The molecule has 1 aliphatic carbocycles. The summed E-state index contributed by atoms with van der Waals surface area (Å²) in [7, 11) is 0. The largest absolute Gasteiger partial charge is 0.281 e. The standard InChI is InChI=1S/C9H13ClO/c1-9(7-8(10)11)5-3-2-4-6-9/h3,5H,2,4,6-7H2,1H3. The Bertz CT molecular complexity index is 186. The van der Waals surface area contributed by atoms with Crippen molar-refractivity contribution in [3.8, 4) is 0 Å². The third-order valence-corrected chi connectivity index (χ3v) is 2.32. The number of halogens is 1. The van der Waals surface area contributed by atoms with Crippen molar-refractivity contribution in [1.29, 1.82) is 0 Å². The van der Waals surface area contributed by atoms with Crippen molar-refractivity contribution in [2.24, 2.45) is 5.41 Å². The fraction of sp³-hybridized carbons (Fsp3) is 0.667. The van der Waals surface area contributed by atoms with Crippen molar-refractivity contribution in [2.45, 2.75) is 32.6 Å². The van der Waals surface area contributed by atoms with Crippen molar-refractivity contribution in [3.63, 3.8) is 0 Å². The van der Waals surface area contributed by atoms with E-state index in [4.69, 9.17) is 11.6 Å². The van der Waals surface area contributed by atoms with E-state index in [-0.39, 0.29) is 10.7 Å². The van der Waals surface area contributed by atoms with Crippen molar-refractivity contribution < 1.29 is 4.79 Å². The number of hydrogen-bond acceptors (Lipinski definition) is 1. The minimum Gasteiger partial charge on any atom is -0.281 e. The molecule has 0 aliphatic heterocycles. The highest BCUT2D eigenvalue weighted by molar-refractivity contribution is 6.63. The van der Waals surface area contributed by atoms with E-state index in [2.05, 4.69) is 19.1 Å². The van der Waals surface area contributed by atoms with Crippen LogP contribution in [0.4, 0.5) is 0 Å². The predicted molar refractivity (Wildman–Crippen MR) is 46.6 cm³/mol. The van der Waals surface area contributed by atoms with Gasteiger partial charge in [0.2, 0.25) is 5.24 Å². The minimum absolute atomic E-state index is 0.0388. The van der Waals surface area contributed by atoms with Gasteiger partial charge in [-0.2, -0.15) is 0 Å². The number of carbonyl (C=O) groups excluding carboxylic acids is 1. The number of carbonyl (C=O) groups is 1. The van der Waals surface area contributed by atoms with Gasteiger partial charge in [-0.3, -0.25) is 4.79 Å². The Morgan fingerprint density at radius 3 is 2.91 bits per heavy atom. The summed E-state index contributed by atoms with van der Waals surface area (Å²) in [6.07, 6.45) is 8.15. The summed E-state index contributed by atoms with van der Waals surface area (Å²) in [6.45, 7) is 2.09. The van der Waals surface area contributed by atoms with Gasteiger partial charge in [0.1, 0.15) is 0 Å². The third kappa shape index (κ3) is 2.66. The highest BCUT2D eigenvalue weighted by Crippen LogP contribution is 2.34. The van der Waals surface area contributed by atoms with Gasteiger partial charge in [0.05, 0.1) is 0 Å². The van der Waals surface area contributed by atoms with E-state index < -0.39 is 0 Å². The Hall–Kier alpha value is -0.300. The van der Waals surface area contributed by atoms with Crippen LogP contribution in [0.1, 0.15) is 32.6 Å². The van der Waals surface area contributed by atoms with E-state index in [1.165, 1.54) is 6.42 Å². The van der Waals surface area contributed by atoms with Gasteiger partial charge in [0.25, 0.3) is 0 Å². The summed E-state index contributed by atoms with van der Waals surface area (Å²) in [5.74, 6) is 0. The van der Waals surface area contributed by atoms with Gasteiger partial charge in [0.15, 0.2) is 0 Å². The van der Waals surface area contributed by atoms with Gasteiger partial charge < -0.3 is 0 Å². The molecule has 0 saturated carbocycles.